The zero-order valence-electron chi connectivity index (χ0n) is 15.2. The average Bonchev–Trinajstić information content (AvgIpc) is 2.62. The number of nitrogens with zero attached hydrogens (tertiary/aromatic N) is 1. The molecule has 1 N–H and O–H groups in total. The Bertz CT molecular complexity index is 1050. The highest BCUT2D eigenvalue weighted by Crippen LogP contribution is 2.31. The maximum absolute atomic E-state index is 13.0. The van der Waals surface area contributed by atoms with Crippen LogP contribution in [0.1, 0.15) is 18.4 Å². The summed E-state index contributed by atoms with van der Waals surface area (Å²) in [6, 6.07) is 11.4. The van der Waals surface area contributed by atoms with Gasteiger partial charge < -0.3 is 4.74 Å². The molecule has 0 bridgehead atoms. The summed E-state index contributed by atoms with van der Waals surface area (Å²) in [7, 11) is -5.89. The number of sulfonamides is 2. The van der Waals surface area contributed by atoms with Gasteiger partial charge in [-0.25, -0.2) is 16.8 Å². The lowest BCUT2D eigenvalue weighted by molar-refractivity contribution is 0.417. The van der Waals surface area contributed by atoms with Crippen LogP contribution in [0, 0.1) is 6.92 Å². The molecule has 0 unspecified atom stereocenters. The van der Waals surface area contributed by atoms with Crippen molar-refractivity contribution in [3.05, 3.63) is 48.0 Å². The molecule has 7 nitrogen and oxygen atoms in total. The standard InChI is InChI=1S/C18H22N2O5S2/c1-14-9-10-15(20-11-5-6-12-26(20,21)22)13-18(14)27(23,24)19-16-7-3-4-8-17(16)25-2/h3-4,7-10,13,19H,5-6,11-12H2,1-2H3. The summed E-state index contributed by atoms with van der Waals surface area (Å²) in [5.41, 5.74) is 1.20. The number of rotatable bonds is 5. The van der Waals surface area contributed by atoms with E-state index in [-0.39, 0.29) is 10.6 Å². The van der Waals surface area contributed by atoms with Gasteiger partial charge in [0.15, 0.2) is 0 Å². The van der Waals surface area contributed by atoms with E-state index in [1.54, 1.807) is 43.3 Å². The van der Waals surface area contributed by atoms with E-state index in [0.717, 1.165) is 6.42 Å². The van der Waals surface area contributed by atoms with E-state index in [2.05, 4.69) is 4.72 Å². The minimum Gasteiger partial charge on any atom is -0.495 e. The van der Waals surface area contributed by atoms with Gasteiger partial charge in [0, 0.05) is 6.54 Å². The van der Waals surface area contributed by atoms with Crippen molar-refractivity contribution in [3.63, 3.8) is 0 Å². The Kier molecular flexibility index (Phi) is 5.34. The van der Waals surface area contributed by atoms with Gasteiger partial charge in [-0.1, -0.05) is 18.2 Å². The van der Waals surface area contributed by atoms with Crippen LogP contribution >= 0.6 is 0 Å². The average molecular weight is 411 g/mol. The van der Waals surface area contributed by atoms with Crippen LogP contribution in [0.4, 0.5) is 11.4 Å². The highest BCUT2D eigenvalue weighted by atomic mass is 32.2. The molecular formula is C18H22N2O5S2. The lowest BCUT2D eigenvalue weighted by Gasteiger charge is -2.28. The van der Waals surface area contributed by atoms with E-state index in [9.17, 15) is 16.8 Å². The number of benzene rings is 2. The summed E-state index contributed by atoms with van der Waals surface area (Å²) >= 11 is 0. The predicted octanol–water partition coefficient (Wildman–Crippen LogP) is 2.73. The number of hydrogen-bond acceptors (Lipinski definition) is 5. The summed E-state index contributed by atoms with van der Waals surface area (Å²) in [4.78, 5) is 0.0340. The van der Waals surface area contributed by atoms with Crippen molar-refractivity contribution in [3.8, 4) is 5.75 Å². The number of anilines is 2. The van der Waals surface area contributed by atoms with E-state index in [1.807, 2.05) is 0 Å². The molecule has 1 fully saturated rings. The normalized spacial score (nSPS) is 16.7. The minimum atomic E-state index is -3.93. The van der Waals surface area contributed by atoms with Gasteiger partial charge in [-0.3, -0.25) is 9.03 Å². The Morgan fingerprint density at radius 2 is 1.85 bits per heavy atom. The molecule has 0 amide bonds. The maximum atomic E-state index is 13.0. The largest absolute Gasteiger partial charge is 0.495 e. The number of methoxy groups -OCH3 is 1. The second-order valence-corrected chi connectivity index (χ2v) is 10.0. The van der Waals surface area contributed by atoms with Gasteiger partial charge in [-0.2, -0.15) is 0 Å². The van der Waals surface area contributed by atoms with Crippen LogP contribution in [0.3, 0.4) is 0 Å². The van der Waals surface area contributed by atoms with Gasteiger partial charge in [0.05, 0.1) is 29.1 Å². The third kappa shape index (κ3) is 4.03. The number of aryl methyl sites for hydroxylation is 1. The summed E-state index contributed by atoms with van der Waals surface area (Å²) in [5, 5.41) is 0. The SMILES string of the molecule is COc1ccccc1NS(=O)(=O)c1cc(N2CCCCS2(=O)=O)ccc1C. The topological polar surface area (TPSA) is 92.8 Å². The molecule has 9 heteroatoms. The molecular weight excluding hydrogens is 388 g/mol. The van der Waals surface area contributed by atoms with Crippen molar-refractivity contribution in [2.75, 3.05) is 28.4 Å². The van der Waals surface area contributed by atoms with Gasteiger partial charge in [0.1, 0.15) is 5.75 Å². The van der Waals surface area contributed by atoms with Crippen LogP contribution in [0.15, 0.2) is 47.4 Å². The Labute approximate surface area is 160 Å². The number of hydrogen-bond donors (Lipinski definition) is 1. The van der Waals surface area contributed by atoms with E-state index in [4.69, 9.17) is 4.74 Å². The molecule has 1 aliphatic heterocycles. The van der Waals surface area contributed by atoms with Gasteiger partial charge in [-0.05, 0) is 49.6 Å². The maximum Gasteiger partial charge on any atom is 0.262 e. The highest BCUT2D eigenvalue weighted by Gasteiger charge is 2.28. The van der Waals surface area contributed by atoms with E-state index < -0.39 is 20.0 Å². The first-order valence-electron chi connectivity index (χ1n) is 8.51. The highest BCUT2D eigenvalue weighted by molar-refractivity contribution is 7.93. The zero-order valence-corrected chi connectivity index (χ0v) is 16.8. The van der Waals surface area contributed by atoms with Crippen LogP contribution in [0.2, 0.25) is 0 Å². The molecule has 0 radical (unpaired) electrons. The fourth-order valence-corrected chi connectivity index (χ4v) is 6.01. The van der Waals surface area contributed by atoms with E-state index >= 15 is 0 Å². The molecule has 2 aromatic carbocycles. The van der Waals surface area contributed by atoms with Gasteiger partial charge in [-0.15, -0.1) is 0 Å². The first kappa shape index (κ1) is 19.5. The number of nitrogens with one attached hydrogen (secondary N) is 1. The number of ether oxygens (including phenoxy) is 1. The second kappa shape index (κ2) is 7.40. The van der Waals surface area contributed by atoms with Gasteiger partial charge >= 0.3 is 0 Å². The van der Waals surface area contributed by atoms with Crippen LogP contribution < -0.4 is 13.8 Å². The fourth-order valence-electron chi connectivity index (χ4n) is 3.04. The molecule has 1 heterocycles. The Hall–Kier alpha value is -2.26. The molecule has 0 spiro atoms. The van der Waals surface area contributed by atoms with Crippen molar-refractivity contribution in [1.82, 2.24) is 0 Å². The molecule has 2 aromatic rings. The Morgan fingerprint density at radius 3 is 2.56 bits per heavy atom. The second-order valence-electron chi connectivity index (χ2n) is 6.35. The third-order valence-electron chi connectivity index (χ3n) is 4.45. The molecule has 0 aliphatic carbocycles. The molecule has 146 valence electrons. The van der Waals surface area contributed by atoms with Crippen molar-refractivity contribution < 1.29 is 21.6 Å². The molecule has 1 saturated heterocycles. The van der Waals surface area contributed by atoms with Crippen LogP contribution in [0.5, 0.6) is 5.75 Å². The fraction of sp³-hybridized carbons (Fsp3) is 0.333. The monoisotopic (exact) mass is 410 g/mol. The number of para-hydroxylation sites is 2. The van der Waals surface area contributed by atoms with Crippen LogP contribution in [0.25, 0.3) is 0 Å². The first-order chi connectivity index (χ1) is 12.7. The van der Waals surface area contributed by atoms with Crippen LogP contribution in [-0.4, -0.2) is 36.2 Å². The lowest BCUT2D eigenvalue weighted by atomic mass is 10.2. The summed E-state index contributed by atoms with van der Waals surface area (Å²) < 4.78 is 59.6. The lowest BCUT2D eigenvalue weighted by Crippen LogP contribution is -2.38. The molecule has 0 atom stereocenters. The molecule has 0 aromatic heterocycles. The molecule has 3 rings (SSSR count). The zero-order chi connectivity index (χ0) is 19.7. The summed E-state index contributed by atoms with van der Waals surface area (Å²) in [6.45, 7) is 2.02. The molecule has 27 heavy (non-hydrogen) atoms. The van der Waals surface area contributed by atoms with Crippen LogP contribution in [-0.2, 0) is 20.0 Å². The van der Waals surface area contributed by atoms with Crippen molar-refractivity contribution in [2.45, 2.75) is 24.7 Å². The molecule has 1 aliphatic rings. The van der Waals surface area contributed by atoms with E-state index in [0.29, 0.717) is 35.7 Å². The van der Waals surface area contributed by atoms with Crippen molar-refractivity contribution >= 4 is 31.4 Å². The first-order valence-corrected chi connectivity index (χ1v) is 11.6. The van der Waals surface area contributed by atoms with Crippen molar-refractivity contribution in [1.29, 1.82) is 0 Å². The van der Waals surface area contributed by atoms with E-state index in [1.165, 1.54) is 17.5 Å². The quantitative estimate of drug-likeness (QED) is 0.818. The Morgan fingerprint density at radius 1 is 1.11 bits per heavy atom. The van der Waals surface area contributed by atoms with Gasteiger partial charge in [0.2, 0.25) is 10.0 Å². The van der Waals surface area contributed by atoms with Crippen molar-refractivity contribution in [2.24, 2.45) is 0 Å². The van der Waals surface area contributed by atoms with Gasteiger partial charge in [0.25, 0.3) is 10.0 Å². The molecule has 0 saturated carbocycles. The summed E-state index contributed by atoms with van der Waals surface area (Å²) in [6.07, 6.45) is 1.36. The summed E-state index contributed by atoms with van der Waals surface area (Å²) in [5.74, 6) is 0.469. The Balaban J connectivity index is 2.00. The minimum absolute atomic E-state index is 0.0340. The third-order valence-corrected chi connectivity index (χ3v) is 7.83. The smallest absolute Gasteiger partial charge is 0.262 e. The predicted molar refractivity (Wildman–Crippen MR) is 105 cm³/mol.